The van der Waals surface area contributed by atoms with Gasteiger partial charge in [0, 0.05) is 14.0 Å². The fourth-order valence-electron chi connectivity index (χ4n) is 1.66. The number of nitrogens with zero attached hydrogens (tertiary/aromatic N) is 1. The van der Waals surface area contributed by atoms with Crippen molar-refractivity contribution in [3.05, 3.63) is 50.4 Å². The van der Waals surface area contributed by atoms with E-state index in [1.165, 1.54) is 0 Å². The Hall–Kier alpha value is -0.620. The van der Waals surface area contributed by atoms with Crippen LogP contribution in [0.5, 0.6) is 0 Å². The van der Waals surface area contributed by atoms with Gasteiger partial charge in [0.05, 0.1) is 15.9 Å². The number of halogens is 3. The third-order valence-corrected chi connectivity index (χ3v) is 4.84. The monoisotopic (exact) mass is 416 g/mol. The lowest BCUT2D eigenvalue weighted by Gasteiger charge is -2.05. The predicted octanol–water partition coefficient (Wildman–Crippen LogP) is 6.22. The van der Waals surface area contributed by atoms with Crippen molar-refractivity contribution in [1.29, 1.82) is 0 Å². The first-order valence-corrected chi connectivity index (χ1v) is 8.18. The van der Waals surface area contributed by atoms with E-state index in [2.05, 4.69) is 48.2 Å². The first-order valence-electron chi connectivity index (χ1n) is 5.40. The quantitative estimate of drug-likeness (QED) is 0.534. The van der Waals surface area contributed by atoms with Crippen LogP contribution in [-0.2, 0) is 0 Å². The summed E-state index contributed by atoms with van der Waals surface area (Å²) in [5.41, 5.74) is 1.93. The summed E-state index contributed by atoms with van der Waals surface area (Å²) in [5, 5.41) is 4.85. The molecule has 1 N–H and O–H groups in total. The Morgan fingerprint density at radius 3 is 2.74 bits per heavy atom. The average molecular weight is 419 g/mol. The molecule has 0 atom stereocenters. The summed E-state index contributed by atoms with van der Waals surface area (Å²) < 4.78 is 3.12. The van der Waals surface area contributed by atoms with Crippen molar-refractivity contribution in [3.63, 3.8) is 0 Å². The first-order chi connectivity index (χ1) is 9.11. The van der Waals surface area contributed by atoms with Gasteiger partial charge in [-0.3, -0.25) is 0 Å². The van der Waals surface area contributed by atoms with Gasteiger partial charge in [0.25, 0.3) is 0 Å². The van der Waals surface area contributed by atoms with Gasteiger partial charge in [-0.05, 0) is 52.3 Å². The molecule has 0 spiro atoms. The van der Waals surface area contributed by atoms with E-state index in [1.807, 2.05) is 30.3 Å². The van der Waals surface area contributed by atoms with Crippen LogP contribution in [0.4, 0.5) is 10.8 Å². The molecule has 0 fully saturated rings. The van der Waals surface area contributed by atoms with Gasteiger partial charge in [-0.2, -0.15) is 0 Å². The zero-order chi connectivity index (χ0) is 13.4. The highest BCUT2D eigenvalue weighted by Gasteiger charge is 2.06. The number of nitrogens with one attached hydrogen (secondary N) is 1. The lowest BCUT2D eigenvalue weighted by atomic mass is 10.3. The van der Waals surface area contributed by atoms with E-state index >= 15 is 0 Å². The van der Waals surface area contributed by atoms with Crippen LogP contribution >= 0.6 is 54.8 Å². The molecule has 2 aromatic carbocycles. The summed E-state index contributed by atoms with van der Waals surface area (Å²) >= 11 is 14.5. The van der Waals surface area contributed by atoms with E-state index in [1.54, 1.807) is 11.3 Å². The zero-order valence-corrected chi connectivity index (χ0v) is 14.2. The fourth-order valence-corrected chi connectivity index (χ4v) is 3.87. The Kier molecular flexibility index (Phi) is 3.80. The maximum absolute atomic E-state index is 5.93. The number of fused-ring (bicyclic) bond motifs is 1. The van der Waals surface area contributed by atoms with E-state index in [9.17, 15) is 0 Å². The second kappa shape index (κ2) is 5.40. The molecule has 19 heavy (non-hydrogen) atoms. The molecule has 0 aliphatic heterocycles. The Bertz CT molecular complexity index is 757. The maximum atomic E-state index is 5.93. The Morgan fingerprint density at radius 2 is 1.95 bits per heavy atom. The molecule has 0 aliphatic carbocycles. The summed E-state index contributed by atoms with van der Waals surface area (Å²) in [7, 11) is 0. The molecule has 0 unspecified atom stereocenters. The Labute approximate surface area is 136 Å². The summed E-state index contributed by atoms with van der Waals surface area (Å²) in [4.78, 5) is 4.55. The van der Waals surface area contributed by atoms with E-state index in [0.29, 0.717) is 5.02 Å². The molecular formula is C13H7Br2ClN2S. The van der Waals surface area contributed by atoms with Crippen molar-refractivity contribution in [1.82, 2.24) is 4.98 Å². The highest BCUT2D eigenvalue weighted by molar-refractivity contribution is 9.10. The largest absolute Gasteiger partial charge is 0.331 e. The average Bonchev–Trinajstić information content (AvgIpc) is 2.74. The lowest BCUT2D eigenvalue weighted by molar-refractivity contribution is 1.43. The lowest BCUT2D eigenvalue weighted by Crippen LogP contribution is -1.89. The van der Waals surface area contributed by atoms with Crippen LogP contribution in [0, 0.1) is 0 Å². The smallest absolute Gasteiger partial charge is 0.188 e. The number of hydrogen-bond donors (Lipinski definition) is 1. The highest BCUT2D eigenvalue weighted by Crippen LogP contribution is 2.33. The third-order valence-electron chi connectivity index (χ3n) is 2.52. The van der Waals surface area contributed by atoms with Crippen LogP contribution in [0.3, 0.4) is 0 Å². The van der Waals surface area contributed by atoms with Gasteiger partial charge in [0.2, 0.25) is 0 Å². The number of thiazole rings is 1. The fraction of sp³-hybridized carbons (Fsp3) is 0. The minimum Gasteiger partial charge on any atom is -0.331 e. The van der Waals surface area contributed by atoms with Gasteiger partial charge in [0.1, 0.15) is 0 Å². The van der Waals surface area contributed by atoms with Gasteiger partial charge in [-0.25, -0.2) is 4.98 Å². The molecule has 0 aliphatic rings. The summed E-state index contributed by atoms with van der Waals surface area (Å²) in [6.07, 6.45) is 0. The van der Waals surface area contributed by atoms with Crippen molar-refractivity contribution in [2.45, 2.75) is 0 Å². The molecule has 2 nitrogen and oxygen atoms in total. The van der Waals surface area contributed by atoms with Gasteiger partial charge in [0.15, 0.2) is 5.13 Å². The van der Waals surface area contributed by atoms with Gasteiger partial charge >= 0.3 is 0 Å². The predicted molar refractivity (Wildman–Crippen MR) is 89.8 cm³/mol. The second-order valence-electron chi connectivity index (χ2n) is 3.88. The molecular weight excluding hydrogens is 411 g/mol. The SMILES string of the molecule is Clc1ccc(Nc2nc3ccc(Br)cc3s2)c(Br)c1. The molecule has 0 radical (unpaired) electrons. The maximum Gasteiger partial charge on any atom is 0.188 e. The van der Waals surface area contributed by atoms with Crippen LogP contribution < -0.4 is 5.32 Å². The molecule has 96 valence electrons. The molecule has 0 saturated heterocycles. The van der Waals surface area contributed by atoms with Crippen LogP contribution in [-0.4, -0.2) is 4.98 Å². The Morgan fingerprint density at radius 1 is 1.11 bits per heavy atom. The van der Waals surface area contributed by atoms with Crippen molar-refractivity contribution in [3.8, 4) is 0 Å². The Balaban J connectivity index is 1.96. The highest BCUT2D eigenvalue weighted by atomic mass is 79.9. The van der Waals surface area contributed by atoms with E-state index in [-0.39, 0.29) is 0 Å². The molecule has 6 heteroatoms. The van der Waals surface area contributed by atoms with Crippen LogP contribution in [0.25, 0.3) is 10.2 Å². The van der Waals surface area contributed by atoms with Crippen molar-refractivity contribution in [2.24, 2.45) is 0 Å². The number of rotatable bonds is 2. The van der Waals surface area contributed by atoms with Crippen molar-refractivity contribution >= 4 is 75.8 Å². The summed E-state index contributed by atoms with van der Waals surface area (Å²) in [6, 6.07) is 11.7. The number of hydrogen-bond acceptors (Lipinski definition) is 3. The number of benzene rings is 2. The van der Waals surface area contributed by atoms with Crippen LogP contribution in [0.2, 0.25) is 5.02 Å². The van der Waals surface area contributed by atoms with E-state index in [4.69, 9.17) is 11.6 Å². The molecule has 1 aromatic heterocycles. The number of anilines is 2. The minimum atomic E-state index is 0.700. The van der Waals surface area contributed by atoms with E-state index in [0.717, 1.165) is 30.0 Å². The summed E-state index contributed by atoms with van der Waals surface area (Å²) in [6.45, 7) is 0. The molecule has 0 bridgehead atoms. The van der Waals surface area contributed by atoms with Gasteiger partial charge in [-0.1, -0.05) is 38.9 Å². The minimum absolute atomic E-state index is 0.700. The van der Waals surface area contributed by atoms with Gasteiger partial charge < -0.3 is 5.32 Å². The zero-order valence-electron chi connectivity index (χ0n) is 9.45. The number of aromatic nitrogens is 1. The third kappa shape index (κ3) is 2.94. The van der Waals surface area contributed by atoms with Crippen LogP contribution in [0.1, 0.15) is 0 Å². The van der Waals surface area contributed by atoms with Crippen molar-refractivity contribution in [2.75, 3.05) is 5.32 Å². The molecule has 3 aromatic rings. The molecule has 1 heterocycles. The first kappa shape index (κ1) is 13.4. The summed E-state index contributed by atoms with van der Waals surface area (Å²) in [5.74, 6) is 0. The molecule has 3 rings (SSSR count). The standard InChI is InChI=1S/C13H7Br2ClN2S/c14-7-1-3-11-12(5-7)19-13(18-11)17-10-4-2-8(16)6-9(10)15/h1-6H,(H,17,18). The van der Waals surface area contributed by atoms with Gasteiger partial charge in [-0.15, -0.1) is 0 Å². The second-order valence-corrected chi connectivity index (χ2v) is 7.12. The topological polar surface area (TPSA) is 24.9 Å². The van der Waals surface area contributed by atoms with Crippen LogP contribution in [0.15, 0.2) is 45.3 Å². The van der Waals surface area contributed by atoms with Crippen molar-refractivity contribution < 1.29 is 0 Å². The normalized spacial score (nSPS) is 10.9. The van der Waals surface area contributed by atoms with E-state index < -0.39 is 0 Å². The molecule has 0 saturated carbocycles. The molecule has 0 amide bonds.